The van der Waals surface area contributed by atoms with Gasteiger partial charge >= 0.3 is 0 Å². The van der Waals surface area contributed by atoms with Crippen molar-refractivity contribution in [2.45, 2.75) is 13.3 Å². The second kappa shape index (κ2) is 5.57. The van der Waals surface area contributed by atoms with E-state index < -0.39 is 0 Å². The Morgan fingerprint density at radius 3 is 2.50 bits per heavy atom. The van der Waals surface area contributed by atoms with E-state index in [1.807, 2.05) is 31.2 Å². The van der Waals surface area contributed by atoms with Gasteiger partial charge in [-0.1, -0.05) is 36.1 Å². The molecule has 1 aromatic carbocycles. The third-order valence-corrected chi connectivity index (χ3v) is 2.07. The van der Waals surface area contributed by atoms with Crippen LogP contribution in [-0.4, -0.2) is 5.75 Å². The predicted octanol–water partition coefficient (Wildman–Crippen LogP) is 3.39. The molecule has 0 fully saturated rings. The summed E-state index contributed by atoms with van der Waals surface area (Å²) in [6.07, 6.45) is 0.839. The van der Waals surface area contributed by atoms with Crippen molar-refractivity contribution in [1.29, 1.82) is 0 Å². The van der Waals surface area contributed by atoms with Crippen LogP contribution in [0.2, 0.25) is 0 Å². The van der Waals surface area contributed by atoms with Gasteiger partial charge in [-0.25, -0.2) is 0 Å². The highest BCUT2D eigenvalue weighted by Gasteiger charge is 1.91. The van der Waals surface area contributed by atoms with Crippen molar-refractivity contribution in [3.05, 3.63) is 42.0 Å². The van der Waals surface area contributed by atoms with E-state index in [1.165, 1.54) is 5.56 Å². The first-order valence-electron chi connectivity index (χ1n) is 4.59. The molecule has 0 aromatic heterocycles. The Hall–Kier alpha value is -1.13. The normalized spacial score (nSPS) is 9.00. The van der Waals surface area contributed by atoms with Crippen LogP contribution < -0.4 is 0 Å². The first kappa shape index (κ1) is 10.9. The second-order valence-electron chi connectivity index (χ2n) is 3.13. The largest absolute Gasteiger partial charge is 0.178 e. The van der Waals surface area contributed by atoms with Gasteiger partial charge < -0.3 is 0 Å². The minimum absolute atomic E-state index is 0.816. The van der Waals surface area contributed by atoms with Crippen LogP contribution >= 0.6 is 12.6 Å². The molecule has 0 aliphatic rings. The van der Waals surface area contributed by atoms with Gasteiger partial charge in [-0.2, -0.15) is 12.6 Å². The number of benzene rings is 1. The zero-order chi connectivity index (χ0) is 10.4. The molecule has 0 aliphatic heterocycles. The van der Waals surface area contributed by atoms with E-state index in [-0.39, 0.29) is 0 Å². The van der Waals surface area contributed by atoms with Crippen LogP contribution in [0.4, 0.5) is 0 Å². The maximum Gasteiger partial charge on any atom is 0.0245 e. The molecule has 0 amide bonds. The predicted molar refractivity (Wildman–Crippen MR) is 66.5 cm³/mol. The Balaban J connectivity index is 2.75. The van der Waals surface area contributed by atoms with Crippen LogP contribution in [0.3, 0.4) is 0 Å². The lowest BCUT2D eigenvalue weighted by molar-refractivity contribution is 1.31. The molecule has 0 radical (unpaired) electrons. The van der Waals surface area contributed by atoms with Crippen LogP contribution in [0.15, 0.2) is 30.8 Å². The van der Waals surface area contributed by atoms with Crippen molar-refractivity contribution >= 4 is 18.2 Å². The van der Waals surface area contributed by atoms with Gasteiger partial charge in [-0.3, -0.25) is 0 Å². The van der Waals surface area contributed by atoms with Crippen molar-refractivity contribution in [3.63, 3.8) is 0 Å². The molecule has 0 unspecified atom stereocenters. The molecule has 0 saturated carbocycles. The fourth-order valence-corrected chi connectivity index (χ4v) is 1.17. The van der Waals surface area contributed by atoms with Crippen molar-refractivity contribution in [3.8, 4) is 11.8 Å². The smallest absolute Gasteiger partial charge is 0.0245 e. The van der Waals surface area contributed by atoms with E-state index in [0.29, 0.717) is 0 Å². The molecule has 0 spiro atoms. The third kappa shape index (κ3) is 3.32. The fraction of sp³-hybridized carbons (Fsp3) is 0.231. The first-order valence-corrected chi connectivity index (χ1v) is 5.23. The summed E-state index contributed by atoms with van der Waals surface area (Å²) in [6.45, 7) is 5.89. The van der Waals surface area contributed by atoms with E-state index in [0.717, 1.165) is 23.3 Å². The Bertz CT molecular complexity index is 362. The molecule has 1 heteroatoms. The Morgan fingerprint density at radius 1 is 1.36 bits per heavy atom. The van der Waals surface area contributed by atoms with Crippen molar-refractivity contribution in [2.75, 3.05) is 5.75 Å². The Morgan fingerprint density at radius 2 is 2.00 bits per heavy atom. The lowest BCUT2D eigenvalue weighted by atomic mass is 10.1. The van der Waals surface area contributed by atoms with Gasteiger partial charge in [0.2, 0.25) is 0 Å². The molecule has 0 nitrogen and oxygen atoms in total. The van der Waals surface area contributed by atoms with Crippen LogP contribution in [0.25, 0.3) is 5.57 Å². The third-order valence-electron chi connectivity index (χ3n) is 1.85. The lowest BCUT2D eigenvalue weighted by Gasteiger charge is -1.98. The summed E-state index contributed by atoms with van der Waals surface area (Å²) in [6, 6.07) is 8.14. The molecule has 1 rings (SSSR count). The van der Waals surface area contributed by atoms with E-state index in [2.05, 4.69) is 31.0 Å². The summed E-state index contributed by atoms with van der Waals surface area (Å²) in [4.78, 5) is 0. The molecule has 0 bridgehead atoms. The molecule has 0 atom stereocenters. The van der Waals surface area contributed by atoms with Crippen molar-refractivity contribution in [1.82, 2.24) is 0 Å². The molecule has 0 heterocycles. The molecule has 0 saturated heterocycles. The standard InChI is InChI=1S/C13H14S/c1-11(2)13-8-6-12(7-9-13)5-3-4-10-14/h6-9,14H,1,4,10H2,2H3. The minimum atomic E-state index is 0.816. The summed E-state index contributed by atoms with van der Waals surface area (Å²) >= 11 is 4.10. The van der Waals surface area contributed by atoms with E-state index in [1.54, 1.807) is 0 Å². The van der Waals surface area contributed by atoms with Crippen LogP contribution in [0.5, 0.6) is 0 Å². The molecule has 72 valence electrons. The molecule has 0 aliphatic carbocycles. The summed E-state index contributed by atoms with van der Waals surface area (Å²) in [5.74, 6) is 6.95. The van der Waals surface area contributed by atoms with Crippen molar-refractivity contribution in [2.24, 2.45) is 0 Å². The summed E-state index contributed by atoms with van der Waals surface area (Å²) in [7, 11) is 0. The highest BCUT2D eigenvalue weighted by atomic mass is 32.1. The SMILES string of the molecule is C=C(C)c1ccc(C#CCCS)cc1. The maximum absolute atomic E-state index is 4.10. The van der Waals surface area contributed by atoms with Crippen LogP contribution in [0, 0.1) is 11.8 Å². The molecule has 14 heavy (non-hydrogen) atoms. The van der Waals surface area contributed by atoms with Gasteiger partial charge in [0.15, 0.2) is 0 Å². The monoisotopic (exact) mass is 202 g/mol. The summed E-state index contributed by atoms with van der Waals surface area (Å²) in [5, 5.41) is 0. The average Bonchev–Trinajstić information content (AvgIpc) is 2.19. The van der Waals surface area contributed by atoms with E-state index >= 15 is 0 Å². The van der Waals surface area contributed by atoms with Gasteiger partial charge in [0.1, 0.15) is 0 Å². The molecular formula is C13H14S. The number of hydrogen-bond acceptors (Lipinski definition) is 1. The highest BCUT2D eigenvalue weighted by Crippen LogP contribution is 2.11. The lowest BCUT2D eigenvalue weighted by Crippen LogP contribution is -1.79. The second-order valence-corrected chi connectivity index (χ2v) is 3.58. The van der Waals surface area contributed by atoms with Crippen LogP contribution in [-0.2, 0) is 0 Å². The first-order chi connectivity index (χ1) is 6.74. The summed E-state index contributed by atoms with van der Waals surface area (Å²) in [5.41, 5.74) is 3.31. The minimum Gasteiger partial charge on any atom is -0.178 e. The van der Waals surface area contributed by atoms with Gasteiger partial charge in [-0.05, 0) is 24.6 Å². The maximum atomic E-state index is 4.10. The van der Waals surface area contributed by atoms with Gasteiger partial charge in [0.05, 0.1) is 0 Å². The van der Waals surface area contributed by atoms with Crippen LogP contribution in [0.1, 0.15) is 24.5 Å². The Labute approximate surface area is 91.5 Å². The van der Waals surface area contributed by atoms with E-state index in [4.69, 9.17) is 0 Å². The van der Waals surface area contributed by atoms with Crippen molar-refractivity contribution < 1.29 is 0 Å². The fourth-order valence-electron chi connectivity index (χ4n) is 1.06. The van der Waals surface area contributed by atoms with Gasteiger partial charge in [0.25, 0.3) is 0 Å². The molecule has 1 aromatic rings. The summed E-state index contributed by atoms with van der Waals surface area (Å²) < 4.78 is 0. The quantitative estimate of drug-likeness (QED) is 0.551. The Kier molecular flexibility index (Phi) is 4.35. The van der Waals surface area contributed by atoms with Gasteiger partial charge in [-0.15, -0.1) is 0 Å². The molecular weight excluding hydrogens is 188 g/mol. The number of rotatable bonds is 2. The number of hydrogen-bond donors (Lipinski definition) is 1. The number of thiol groups is 1. The average molecular weight is 202 g/mol. The van der Waals surface area contributed by atoms with E-state index in [9.17, 15) is 0 Å². The zero-order valence-corrected chi connectivity index (χ0v) is 9.27. The molecule has 0 N–H and O–H groups in total. The van der Waals surface area contributed by atoms with Gasteiger partial charge in [0, 0.05) is 17.7 Å². The number of allylic oxidation sites excluding steroid dienone is 1. The topological polar surface area (TPSA) is 0 Å². The highest BCUT2D eigenvalue weighted by molar-refractivity contribution is 7.80. The zero-order valence-electron chi connectivity index (χ0n) is 8.38.